The molecule has 2 aromatic carbocycles. The number of hydrogen-bond acceptors (Lipinski definition) is 1. The smallest absolute Gasteiger partial charge is 0.279 e. The monoisotopic (exact) mass is 343 g/mol. The van der Waals surface area contributed by atoms with E-state index in [4.69, 9.17) is 0 Å². The first kappa shape index (κ1) is 17.6. The van der Waals surface area contributed by atoms with Gasteiger partial charge in [0.25, 0.3) is 5.91 Å². The van der Waals surface area contributed by atoms with Gasteiger partial charge in [0, 0.05) is 12.1 Å². The molecule has 3 rings (SSSR count). The summed E-state index contributed by atoms with van der Waals surface area (Å²) in [5.41, 5.74) is 2.04. The van der Waals surface area contributed by atoms with Gasteiger partial charge in [-0.2, -0.15) is 0 Å². The number of piperazine rings is 1. The summed E-state index contributed by atoms with van der Waals surface area (Å²) in [6, 6.07) is 16.5. The van der Waals surface area contributed by atoms with E-state index in [1.165, 1.54) is 22.6 Å². The maximum absolute atomic E-state index is 12.9. The van der Waals surface area contributed by atoms with Crippen molar-refractivity contribution in [2.45, 2.75) is 6.42 Å². The fourth-order valence-electron chi connectivity index (χ4n) is 3.32. The number of hydrogen-bond donors (Lipinski definition) is 3. The highest BCUT2D eigenvalue weighted by atomic mass is 19.1. The average Bonchev–Trinajstić information content (AvgIpc) is 2.64. The second-order valence-electron chi connectivity index (χ2n) is 6.72. The molecule has 3 N–H and O–H groups in total. The molecule has 5 heteroatoms. The van der Waals surface area contributed by atoms with Gasteiger partial charge in [-0.1, -0.05) is 30.3 Å². The van der Waals surface area contributed by atoms with Crippen LogP contribution in [-0.4, -0.2) is 45.2 Å². The highest BCUT2D eigenvalue weighted by Crippen LogP contribution is 2.07. The molecule has 0 aromatic heterocycles. The molecule has 0 saturated carbocycles. The molecule has 0 bridgehead atoms. The van der Waals surface area contributed by atoms with Crippen LogP contribution in [0, 0.1) is 5.82 Å². The van der Waals surface area contributed by atoms with Gasteiger partial charge in [-0.3, -0.25) is 4.79 Å². The van der Waals surface area contributed by atoms with Crippen LogP contribution in [0.5, 0.6) is 0 Å². The minimum Gasteiger partial charge on any atom is -0.325 e. The summed E-state index contributed by atoms with van der Waals surface area (Å²) in [5.74, 6) is -0.299. The molecule has 132 valence electrons. The third kappa shape index (κ3) is 5.66. The summed E-state index contributed by atoms with van der Waals surface area (Å²) in [6.45, 7) is 5.86. The van der Waals surface area contributed by atoms with E-state index in [-0.39, 0.29) is 11.7 Å². The van der Waals surface area contributed by atoms with Crippen molar-refractivity contribution in [3.8, 4) is 0 Å². The Balaban J connectivity index is 1.37. The van der Waals surface area contributed by atoms with Crippen LogP contribution >= 0.6 is 0 Å². The van der Waals surface area contributed by atoms with Crippen molar-refractivity contribution in [1.82, 2.24) is 0 Å². The molecule has 0 spiro atoms. The zero-order valence-corrected chi connectivity index (χ0v) is 14.4. The SMILES string of the molecule is O=C(C[NH+]1CC[NH+](CCc2ccccc2)CC1)Nc1ccc(F)cc1. The lowest BCUT2D eigenvalue weighted by atomic mass is 10.1. The van der Waals surface area contributed by atoms with E-state index in [9.17, 15) is 9.18 Å². The maximum atomic E-state index is 12.9. The Bertz CT molecular complexity index is 667. The average molecular weight is 343 g/mol. The summed E-state index contributed by atoms with van der Waals surface area (Å²) < 4.78 is 12.9. The molecule has 0 radical (unpaired) electrons. The first-order valence-electron chi connectivity index (χ1n) is 8.95. The van der Waals surface area contributed by atoms with E-state index in [1.807, 2.05) is 0 Å². The van der Waals surface area contributed by atoms with Crippen LogP contribution in [0.1, 0.15) is 5.56 Å². The second kappa shape index (κ2) is 8.74. The van der Waals surface area contributed by atoms with Crippen molar-refractivity contribution in [3.05, 3.63) is 66.0 Å². The molecule has 25 heavy (non-hydrogen) atoms. The number of carbonyl (C=O) groups is 1. The first-order valence-corrected chi connectivity index (χ1v) is 8.95. The molecule has 0 aliphatic carbocycles. The van der Waals surface area contributed by atoms with Gasteiger partial charge in [0.15, 0.2) is 6.54 Å². The number of nitrogens with one attached hydrogen (secondary N) is 3. The molecule has 4 nitrogen and oxygen atoms in total. The third-order valence-electron chi connectivity index (χ3n) is 4.81. The van der Waals surface area contributed by atoms with Crippen LogP contribution in [0.25, 0.3) is 0 Å². The molecular formula is C20H26FN3O+2. The molecule has 1 aliphatic rings. The van der Waals surface area contributed by atoms with E-state index in [0.717, 1.165) is 39.1 Å². The fraction of sp³-hybridized carbons (Fsp3) is 0.350. The minimum absolute atomic E-state index is 0.00524. The normalized spacial score (nSPS) is 20.2. The Morgan fingerprint density at radius 3 is 2.24 bits per heavy atom. The van der Waals surface area contributed by atoms with E-state index in [1.54, 1.807) is 17.0 Å². The third-order valence-corrected chi connectivity index (χ3v) is 4.81. The largest absolute Gasteiger partial charge is 0.325 e. The molecule has 1 amide bonds. The topological polar surface area (TPSA) is 38.0 Å². The zero-order chi connectivity index (χ0) is 17.5. The van der Waals surface area contributed by atoms with E-state index >= 15 is 0 Å². The van der Waals surface area contributed by atoms with Crippen molar-refractivity contribution >= 4 is 11.6 Å². The quantitative estimate of drug-likeness (QED) is 0.667. The Kier molecular flexibility index (Phi) is 6.14. The van der Waals surface area contributed by atoms with E-state index in [0.29, 0.717) is 12.2 Å². The molecular weight excluding hydrogens is 317 g/mol. The van der Waals surface area contributed by atoms with Crippen LogP contribution in [0.4, 0.5) is 10.1 Å². The summed E-state index contributed by atoms with van der Waals surface area (Å²) in [5, 5.41) is 2.84. The Morgan fingerprint density at radius 1 is 0.920 bits per heavy atom. The van der Waals surface area contributed by atoms with Crippen LogP contribution in [-0.2, 0) is 11.2 Å². The van der Waals surface area contributed by atoms with Crippen LogP contribution in [0.3, 0.4) is 0 Å². The number of quaternary nitrogens is 2. The number of anilines is 1. The number of rotatable bonds is 6. The summed E-state index contributed by atoms with van der Waals surface area (Å²) in [7, 11) is 0. The van der Waals surface area contributed by atoms with Gasteiger partial charge >= 0.3 is 0 Å². The van der Waals surface area contributed by atoms with Crippen LogP contribution in [0.2, 0.25) is 0 Å². The predicted octanol–water partition coefficient (Wildman–Crippen LogP) is -0.210. The Labute approximate surface area is 148 Å². The highest BCUT2D eigenvalue weighted by molar-refractivity contribution is 5.91. The molecule has 1 aliphatic heterocycles. The van der Waals surface area contributed by atoms with Gasteiger partial charge in [0.05, 0.1) is 6.54 Å². The van der Waals surface area contributed by atoms with Gasteiger partial charge in [0.2, 0.25) is 0 Å². The van der Waals surface area contributed by atoms with Crippen LogP contribution < -0.4 is 15.1 Å². The lowest BCUT2D eigenvalue weighted by Crippen LogP contribution is -3.28. The minimum atomic E-state index is -0.293. The van der Waals surface area contributed by atoms with Crippen molar-refractivity contribution in [1.29, 1.82) is 0 Å². The molecule has 0 unspecified atom stereocenters. The van der Waals surface area contributed by atoms with Crippen molar-refractivity contribution in [2.75, 3.05) is 44.6 Å². The van der Waals surface area contributed by atoms with Gasteiger partial charge < -0.3 is 15.1 Å². The molecule has 1 heterocycles. The lowest BCUT2D eigenvalue weighted by molar-refractivity contribution is -1.01. The molecule has 0 atom stereocenters. The first-order chi connectivity index (χ1) is 12.2. The summed E-state index contributed by atoms with van der Waals surface area (Å²) in [4.78, 5) is 15.1. The number of amides is 1. The van der Waals surface area contributed by atoms with E-state index in [2.05, 4.69) is 35.6 Å². The Morgan fingerprint density at radius 2 is 1.56 bits per heavy atom. The molecule has 1 fully saturated rings. The fourth-order valence-corrected chi connectivity index (χ4v) is 3.32. The summed E-state index contributed by atoms with van der Waals surface area (Å²) in [6.07, 6.45) is 1.11. The van der Waals surface area contributed by atoms with Gasteiger partial charge in [-0.15, -0.1) is 0 Å². The van der Waals surface area contributed by atoms with Gasteiger partial charge in [-0.25, -0.2) is 4.39 Å². The Hall–Kier alpha value is -2.24. The van der Waals surface area contributed by atoms with Crippen molar-refractivity contribution in [3.63, 3.8) is 0 Å². The van der Waals surface area contributed by atoms with Crippen molar-refractivity contribution in [2.24, 2.45) is 0 Å². The second-order valence-corrected chi connectivity index (χ2v) is 6.72. The molecule has 2 aromatic rings. The lowest BCUT2D eigenvalue weighted by Gasteiger charge is -2.29. The van der Waals surface area contributed by atoms with Crippen LogP contribution in [0.15, 0.2) is 54.6 Å². The summed E-state index contributed by atoms with van der Waals surface area (Å²) >= 11 is 0. The zero-order valence-electron chi connectivity index (χ0n) is 14.4. The predicted molar refractivity (Wildman–Crippen MR) is 96.3 cm³/mol. The van der Waals surface area contributed by atoms with Crippen molar-refractivity contribution < 1.29 is 19.0 Å². The number of carbonyl (C=O) groups excluding carboxylic acids is 1. The van der Waals surface area contributed by atoms with Gasteiger partial charge in [0.1, 0.15) is 32.0 Å². The molecule has 1 saturated heterocycles. The number of halogens is 1. The highest BCUT2D eigenvalue weighted by Gasteiger charge is 2.24. The van der Waals surface area contributed by atoms with E-state index < -0.39 is 0 Å². The maximum Gasteiger partial charge on any atom is 0.279 e. The van der Waals surface area contributed by atoms with Gasteiger partial charge in [-0.05, 0) is 29.8 Å². The number of benzene rings is 2. The standard InChI is InChI=1S/C20H24FN3O/c21-18-6-8-19(9-7-18)22-20(25)16-24-14-12-23(13-15-24)11-10-17-4-2-1-3-5-17/h1-9H,10-16H2,(H,22,25)/p+2.